The van der Waals surface area contributed by atoms with Gasteiger partial charge in [-0.3, -0.25) is 4.79 Å². The molecule has 1 fully saturated rings. The van der Waals surface area contributed by atoms with Gasteiger partial charge in [0.05, 0.1) is 5.92 Å². The number of Topliss-reactive ketones (excluding diaryl/α,β-unsaturated/α-hetero) is 1. The zero-order chi connectivity index (χ0) is 10.1. The predicted octanol–water partition coefficient (Wildman–Crippen LogP) is 3.53. The fourth-order valence-electron chi connectivity index (χ4n) is 2.30. The molecule has 2 rings (SSSR count). The SMILES string of the molecule is Cc1ccc([C@@H]2C(=O)CCC[C@H]2C)s1. The minimum atomic E-state index is 0.197. The van der Waals surface area contributed by atoms with E-state index in [4.69, 9.17) is 0 Å². The monoisotopic (exact) mass is 208 g/mol. The van der Waals surface area contributed by atoms with Gasteiger partial charge < -0.3 is 0 Å². The first kappa shape index (κ1) is 9.91. The summed E-state index contributed by atoms with van der Waals surface area (Å²) in [6.07, 6.45) is 3.07. The molecule has 76 valence electrons. The highest BCUT2D eigenvalue weighted by molar-refractivity contribution is 7.12. The van der Waals surface area contributed by atoms with E-state index in [1.807, 2.05) is 0 Å². The minimum absolute atomic E-state index is 0.197. The number of hydrogen-bond donors (Lipinski definition) is 0. The second kappa shape index (κ2) is 3.85. The van der Waals surface area contributed by atoms with E-state index in [1.165, 1.54) is 16.2 Å². The molecule has 1 nitrogen and oxygen atoms in total. The van der Waals surface area contributed by atoms with Crippen molar-refractivity contribution < 1.29 is 4.79 Å². The van der Waals surface area contributed by atoms with Crippen LogP contribution in [0.1, 0.15) is 41.9 Å². The number of hydrogen-bond acceptors (Lipinski definition) is 2. The molecule has 1 aromatic heterocycles. The molecule has 2 heteroatoms. The summed E-state index contributed by atoms with van der Waals surface area (Å²) in [5.41, 5.74) is 0. The van der Waals surface area contributed by atoms with Gasteiger partial charge in [-0.15, -0.1) is 11.3 Å². The van der Waals surface area contributed by atoms with Gasteiger partial charge in [-0.05, 0) is 37.8 Å². The van der Waals surface area contributed by atoms with E-state index in [1.54, 1.807) is 11.3 Å². The predicted molar refractivity (Wildman–Crippen MR) is 59.8 cm³/mol. The lowest BCUT2D eigenvalue weighted by molar-refractivity contribution is -0.123. The van der Waals surface area contributed by atoms with Gasteiger partial charge in [-0.2, -0.15) is 0 Å². The minimum Gasteiger partial charge on any atom is -0.299 e. The summed E-state index contributed by atoms with van der Waals surface area (Å²) in [7, 11) is 0. The van der Waals surface area contributed by atoms with E-state index in [9.17, 15) is 4.79 Å². The smallest absolute Gasteiger partial charge is 0.141 e. The van der Waals surface area contributed by atoms with E-state index in [2.05, 4.69) is 26.0 Å². The van der Waals surface area contributed by atoms with Gasteiger partial charge in [0, 0.05) is 16.2 Å². The largest absolute Gasteiger partial charge is 0.299 e. The second-order valence-corrected chi connectivity index (χ2v) is 5.58. The fraction of sp³-hybridized carbons (Fsp3) is 0.583. The molecule has 0 unspecified atom stereocenters. The maximum Gasteiger partial charge on any atom is 0.141 e. The van der Waals surface area contributed by atoms with Crippen LogP contribution in [0.4, 0.5) is 0 Å². The van der Waals surface area contributed by atoms with Crippen LogP contribution >= 0.6 is 11.3 Å². The molecule has 1 aliphatic carbocycles. The Kier molecular flexibility index (Phi) is 2.73. The first-order valence-electron chi connectivity index (χ1n) is 5.27. The maximum absolute atomic E-state index is 11.8. The summed E-state index contributed by atoms with van der Waals surface area (Å²) in [6, 6.07) is 4.25. The van der Waals surface area contributed by atoms with Crippen molar-refractivity contribution in [1.29, 1.82) is 0 Å². The Labute approximate surface area is 89.1 Å². The third-order valence-electron chi connectivity index (χ3n) is 3.07. The fourth-order valence-corrected chi connectivity index (χ4v) is 3.43. The molecular formula is C12H16OS. The van der Waals surface area contributed by atoms with Gasteiger partial charge >= 0.3 is 0 Å². The van der Waals surface area contributed by atoms with Crippen LogP contribution in [0.15, 0.2) is 12.1 Å². The van der Waals surface area contributed by atoms with Crippen LogP contribution in [0.3, 0.4) is 0 Å². The van der Waals surface area contributed by atoms with E-state index in [0.717, 1.165) is 12.8 Å². The van der Waals surface area contributed by atoms with Gasteiger partial charge in [-0.1, -0.05) is 6.92 Å². The average molecular weight is 208 g/mol. The Morgan fingerprint density at radius 1 is 1.43 bits per heavy atom. The molecule has 1 aromatic rings. The number of aryl methyl sites for hydroxylation is 1. The Balaban J connectivity index is 2.26. The molecule has 0 saturated heterocycles. The summed E-state index contributed by atoms with van der Waals surface area (Å²) in [5.74, 6) is 1.18. The highest BCUT2D eigenvalue weighted by Crippen LogP contribution is 2.37. The van der Waals surface area contributed by atoms with Crippen molar-refractivity contribution in [2.75, 3.05) is 0 Å². The average Bonchev–Trinajstić information content (AvgIpc) is 2.51. The van der Waals surface area contributed by atoms with Crippen LogP contribution in [0.25, 0.3) is 0 Å². The summed E-state index contributed by atoms with van der Waals surface area (Å²) in [6.45, 7) is 4.31. The van der Waals surface area contributed by atoms with Gasteiger partial charge in [0.25, 0.3) is 0 Å². The molecule has 2 atom stereocenters. The molecule has 0 radical (unpaired) electrons. The zero-order valence-corrected chi connectivity index (χ0v) is 9.56. The van der Waals surface area contributed by atoms with E-state index >= 15 is 0 Å². The van der Waals surface area contributed by atoms with Crippen molar-refractivity contribution >= 4 is 17.1 Å². The molecule has 0 aliphatic heterocycles. The highest BCUT2D eigenvalue weighted by Gasteiger charge is 2.30. The first-order chi connectivity index (χ1) is 6.68. The molecule has 1 saturated carbocycles. The molecule has 0 N–H and O–H groups in total. The third kappa shape index (κ3) is 1.76. The van der Waals surface area contributed by atoms with Crippen LogP contribution in [0, 0.1) is 12.8 Å². The van der Waals surface area contributed by atoms with E-state index in [0.29, 0.717) is 11.7 Å². The van der Waals surface area contributed by atoms with Crippen molar-refractivity contribution in [3.8, 4) is 0 Å². The molecule has 0 amide bonds. The number of ketones is 1. The van der Waals surface area contributed by atoms with Gasteiger partial charge in [0.15, 0.2) is 0 Å². The third-order valence-corrected chi connectivity index (χ3v) is 4.15. The van der Waals surface area contributed by atoms with Crippen LogP contribution in [-0.4, -0.2) is 5.78 Å². The van der Waals surface area contributed by atoms with Crippen molar-refractivity contribution in [3.05, 3.63) is 21.9 Å². The lowest BCUT2D eigenvalue weighted by Gasteiger charge is -2.26. The Morgan fingerprint density at radius 3 is 2.79 bits per heavy atom. The normalized spacial score (nSPS) is 28.0. The van der Waals surface area contributed by atoms with Gasteiger partial charge in [0.1, 0.15) is 5.78 Å². The number of carbonyl (C=O) groups is 1. The first-order valence-corrected chi connectivity index (χ1v) is 6.09. The standard InChI is InChI=1S/C12H16OS/c1-8-4-3-5-10(13)12(8)11-7-6-9(2)14-11/h6-8,12H,3-5H2,1-2H3/t8-,12+/m1/s1. The Hall–Kier alpha value is -0.630. The van der Waals surface area contributed by atoms with Crippen LogP contribution in [0.2, 0.25) is 0 Å². The molecule has 0 aromatic carbocycles. The molecule has 0 bridgehead atoms. The van der Waals surface area contributed by atoms with Crippen LogP contribution in [-0.2, 0) is 4.79 Å². The summed E-state index contributed by atoms with van der Waals surface area (Å²) in [4.78, 5) is 14.4. The molecule has 1 heterocycles. The van der Waals surface area contributed by atoms with E-state index in [-0.39, 0.29) is 5.92 Å². The second-order valence-electron chi connectivity index (χ2n) is 4.26. The van der Waals surface area contributed by atoms with E-state index < -0.39 is 0 Å². The highest BCUT2D eigenvalue weighted by atomic mass is 32.1. The van der Waals surface area contributed by atoms with Crippen molar-refractivity contribution in [3.63, 3.8) is 0 Å². The summed E-state index contributed by atoms with van der Waals surface area (Å²) >= 11 is 1.78. The van der Waals surface area contributed by atoms with Crippen LogP contribution < -0.4 is 0 Å². The topological polar surface area (TPSA) is 17.1 Å². The summed E-state index contributed by atoms with van der Waals surface area (Å²) < 4.78 is 0. The van der Waals surface area contributed by atoms with Gasteiger partial charge in [0.2, 0.25) is 0 Å². The molecule has 1 aliphatic rings. The Bertz CT molecular complexity index is 340. The van der Waals surface area contributed by atoms with Crippen LogP contribution in [0.5, 0.6) is 0 Å². The van der Waals surface area contributed by atoms with Crippen molar-refractivity contribution in [2.24, 2.45) is 5.92 Å². The maximum atomic E-state index is 11.8. The Morgan fingerprint density at radius 2 is 2.21 bits per heavy atom. The number of carbonyl (C=O) groups excluding carboxylic acids is 1. The van der Waals surface area contributed by atoms with Gasteiger partial charge in [-0.25, -0.2) is 0 Å². The van der Waals surface area contributed by atoms with Crippen molar-refractivity contribution in [1.82, 2.24) is 0 Å². The zero-order valence-electron chi connectivity index (χ0n) is 8.75. The molecule has 0 spiro atoms. The quantitative estimate of drug-likeness (QED) is 0.690. The van der Waals surface area contributed by atoms with Crippen molar-refractivity contribution in [2.45, 2.75) is 39.0 Å². The lowest BCUT2D eigenvalue weighted by atomic mass is 9.79. The number of rotatable bonds is 1. The molecular weight excluding hydrogens is 192 g/mol. The number of thiophene rings is 1. The molecule has 14 heavy (non-hydrogen) atoms. The lowest BCUT2D eigenvalue weighted by Crippen LogP contribution is -2.23. The summed E-state index contributed by atoms with van der Waals surface area (Å²) in [5, 5.41) is 0.